The van der Waals surface area contributed by atoms with Crippen molar-refractivity contribution < 1.29 is 23.5 Å². The lowest BCUT2D eigenvalue weighted by Crippen LogP contribution is -2.47. The van der Waals surface area contributed by atoms with Gasteiger partial charge in [0.15, 0.2) is 11.4 Å². The Labute approximate surface area is 189 Å². The zero-order chi connectivity index (χ0) is 23.7. The van der Waals surface area contributed by atoms with Gasteiger partial charge in [0.25, 0.3) is 11.8 Å². The average Bonchev–Trinajstić information content (AvgIpc) is 2.83. The van der Waals surface area contributed by atoms with Gasteiger partial charge in [-0.15, -0.1) is 0 Å². The number of likely N-dealkylation sites (N-methyl/N-ethyl adjacent to an activating group) is 1. The highest BCUT2D eigenvalue weighted by Gasteiger charge is 2.31. The Morgan fingerprint density at radius 1 is 1.18 bits per heavy atom. The highest BCUT2D eigenvalue weighted by Crippen LogP contribution is 2.23. The number of nitrogens with one attached hydrogen (secondary N) is 1. The van der Waals surface area contributed by atoms with Crippen LogP contribution in [-0.2, 0) is 13.1 Å². The van der Waals surface area contributed by atoms with Gasteiger partial charge in [-0.2, -0.15) is 0 Å². The maximum atomic E-state index is 13.9. The molecule has 0 unspecified atom stereocenters. The molecule has 10 heteroatoms. The molecule has 1 saturated heterocycles. The van der Waals surface area contributed by atoms with Crippen LogP contribution >= 0.6 is 0 Å². The normalized spacial score (nSPS) is 19.2. The predicted molar refractivity (Wildman–Crippen MR) is 116 cm³/mol. The lowest BCUT2D eigenvalue weighted by atomic mass is 10.0. The van der Waals surface area contributed by atoms with E-state index in [1.165, 1.54) is 21.7 Å². The number of hydrogen-bond acceptors (Lipinski definition) is 5. The van der Waals surface area contributed by atoms with Crippen molar-refractivity contribution in [2.24, 2.45) is 0 Å². The Hall–Kier alpha value is -3.27. The third kappa shape index (κ3) is 4.61. The SMILES string of the molecule is CN1C[C@@H]2CCCCN2CCn2cc(C(=O)NCc3ccc(F)cc3F)c(=O)c(O)c2C1=O. The van der Waals surface area contributed by atoms with Crippen LogP contribution in [0.2, 0.25) is 0 Å². The summed E-state index contributed by atoms with van der Waals surface area (Å²) in [6.07, 6.45) is 4.37. The number of nitrogens with zero attached hydrogens (tertiary/aromatic N) is 3. The molecule has 1 fully saturated rings. The van der Waals surface area contributed by atoms with Gasteiger partial charge in [-0.05, 0) is 25.5 Å². The second kappa shape index (κ2) is 9.30. The smallest absolute Gasteiger partial charge is 0.274 e. The van der Waals surface area contributed by atoms with Crippen LogP contribution < -0.4 is 10.7 Å². The molecule has 4 rings (SSSR count). The molecule has 1 aromatic carbocycles. The van der Waals surface area contributed by atoms with Crippen LogP contribution in [0.5, 0.6) is 5.75 Å². The standard InChI is InChI=1S/C23H26F2N4O4/c1-27-12-16-4-2-3-7-28(16)8-9-29-13-17(20(30)21(31)19(29)23(27)33)22(32)26-11-14-5-6-15(24)10-18(14)25/h5-6,10,13,16,31H,2-4,7-9,11-12H2,1H3,(H,26,32)/t16-/m0/s1. The Morgan fingerprint density at radius 3 is 2.73 bits per heavy atom. The molecule has 2 N–H and O–H groups in total. The first-order valence-corrected chi connectivity index (χ1v) is 10.9. The Morgan fingerprint density at radius 2 is 1.97 bits per heavy atom. The maximum Gasteiger partial charge on any atom is 0.274 e. The van der Waals surface area contributed by atoms with Crippen molar-refractivity contribution in [1.29, 1.82) is 0 Å². The zero-order valence-corrected chi connectivity index (χ0v) is 18.3. The molecule has 1 atom stereocenters. The van der Waals surface area contributed by atoms with Gasteiger partial charge in [-0.25, -0.2) is 8.78 Å². The van der Waals surface area contributed by atoms with Gasteiger partial charge < -0.3 is 19.9 Å². The van der Waals surface area contributed by atoms with Gasteiger partial charge in [0.2, 0.25) is 5.43 Å². The second-order valence-corrected chi connectivity index (χ2v) is 8.55. The van der Waals surface area contributed by atoms with Gasteiger partial charge in [0.1, 0.15) is 17.2 Å². The summed E-state index contributed by atoms with van der Waals surface area (Å²) in [5, 5.41) is 13.0. The quantitative estimate of drug-likeness (QED) is 0.727. The molecular weight excluding hydrogens is 434 g/mol. The van der Waals surface area contributed by atoms with E-state index in [2.05, 4.69) is 10.2 Å². The number of halogens is 2. The summed E-state index contributed by atoms with van der Waals surface area (Å²) < 4.78 is 28.4. The monoisotopic (exact) mass is 460 g/mol. The summed E-state index contributed by atoms with van der Waals surface area (Å²) in [5.41, 5.74) is -1.44. The number of rotatable bonds is 3. The molecular formula is C23H26F2N4O4. The number of benzene rings is 1. The van der Waals surface area contributed by atoms with Crippen LogP contribution in [0.3, 0.4) is 0 Å². The van der Waals surface area contributed by atoms with E-state index in [0.29, 0.717) is 25.7 Å². The van der Waals surface area contributed by atoms with E-state index in [-0.39, 0.29) is 29.4 Å². The molecule has 176 valence electrons. The van der Waals surface area contributed by atoms with Crippen molar-refractivity contribution in [2.75, 3.05) is 26.7 Å². The minimum Gasteiger partial charge on any atom is -0.503 e. The summed E-state index contributed by atoms with van der Waals surface area (Å²) in [6, 6.07) is 3.16. The fourth-order valence-corrected chi connectivity index (χ4v) is 4.53. The summed E-state index contributed by atoms with van der Waals surface area (Å²) in [7, 11) is 1.63. The molecule has 0 aliphatic carbocycles. The van der Waals surface area contributed by atoms with Gasteiger partial charge >= 0.3 is 0 Å². The van der Waals surface area contributed by atoms with E-state index >= 15 is 0 Å². The summed E-state index contributed by atoms with van der Waals surface area (Å²) in [4.78, 5) is 42.3. The van der Waals surface area contributed by atoms with E-state index in [0.717, 1.165) is 31.9 Å². The maximum absolute atomic E-state index is 13.9. The lowest BCUT2D eigenvalue weighted by molar-refractivity contribution is 0.0695. The molecule has 33 heavy (non-hydrogen) atoms. The molecule has 2 amide bonds. The van der Waals surface area contributed by atoms with Gasteiger partial charge in [-0.3, -0.25) is 19.3 Å². The largest absolute Gasteiger partial charge is 0.503 e. The number of pyridine rings is 1. The van der Waals surface area contributed by atoms with Gasteiger partial charge in [-0.1, -0.05) is 12.5 Å². The van der Waals surface area contributed by atoms with Crippen molar-refractivity contribution in [1.82, 2.24) is 19.7 Å². The summed E-state index contributed by atoms with van der Waals surface area (Å²) >= 11 is 0. The third-order valence-electron chi connectivity index (χ3n) is 6.37. The fraction of sp³-hybridized carbons (Fsp3) is 0.435. The molecule has 2 aromatic rings. The average molecular weight is 460 g/mol. The molecule has 2 aliphatic rings. The van der Waals surface area contributed by atoms with Crippen LogP contribution in [0, 0.1) is 11.6 Å². The Balaban J connectivity index is 1.63. The van der Waals surface area contributed by atoms with Crippen LogP contribution in [0.25, 0.3) is 0 Å². The zero-order valence-electron chi connectivity index (χ0n) is 18.3. The predicted octanol–water partition coefficient (Wildman–Crippen LogP) is 1.70. The molecule has 0 spiro atoms. The molecule has 1 aromatic heterocycles. The van der Waals surface area contributed by atoms with Crippen molar-refractivity contribution >= 4 is 11.8 Å². The van der Waals surface area contributed by atoms with E-state index in [1.807, 2.05) is 0 Å². The number of piperidine rings is 1. The van der Waals surface area contributed by atoms with Crippen LogP contribution in [0.4, 0.5) is 8.78 Å². The molecule has 0 radical (unpaired) electrons. The van der Waals surface area contributed by atoms with Crippen molar-refractivity contribution in [3.63, 3.8) is 0 Å². The van der Waals surface area contributed by atoms with Crippen molar-refractivity contribution in [2.45, 2.75) is 38.4 Å². The molecule has 3 heterocycles. The first-order chi connectivity index (χ1) is 15.8. The second-order valence-electron chi connectivity index (χ2n) is 8.55. The molecule has 2 aliphatic heterocycles. The first kappa shape index (κ1) is 22.9. The molecule has 8 nitrogen and oxygen atoms in total. The van der Waals surface area contributed by atoms with Crippen LogP contribution in [-0.4, -0.2) is 64.0 Å². The summed E-state index contributed by atoms with van der Waals surface area (Å²) in [6.45, 7) is 2.02. The summed E-state index contributed by atoms with van der Waals surface area (Å²) in [5.74, 6) is -3.67. The number of aromatic nitrogens is 1. The molecule has 0 saturated carbocycles. The molecule has 0 bridgehead atoms. The highest BCUT2D eigenvalue weighted by molar-refractivity contribution is 5.98. The van der Waals surface area contributed by atoms with E-state index < -0.39 is 34.6 Å². The number of aromatic hydroxyl groups is 1. The minimum absolute atomic E-state index is 0.0461. The van der Waals surface area contributed by atoms with Crippen molar-refractivity contribution in [3.8, 4) is 5.75 Å². The van der Waals surface area contributed by atoms with E-state index in [4.69, 9.17) is 0 Å². The van der Waals surface area contributed by atoms with Crippen LogP contribution in [0.15, 0.2) is 29.2 Å². The fourth-order valence-electron chi connectivity index (χ4n) is 4.53. The highest BCUT2D eigenvalue weighted by atomic mass is 19.1. The number of amides is 2. The number of carbonyl (C=O) groups is 2. The number of hydrogen-bond donors (Lipinski definition) is 2. The third-order valence-corrected chi connectivity index (χ3v) is 6.37. The number of carbonyl (C=O) groups excluding carboxylic acids is 2. The van der Waals surface area contributed by atoms with E-state index in [1.54, 1.807) is 7.05 Å². The Kier molecular flexibility index (Phi) is 6.46. The van der Waals surface area contributed by atoms with Crippen molar-refractivity contribution in [3.05, 3.63) is 63.1 Å². The minimum atomic E-state index is -0.975. The van der Waals surface area contributed by atoms with Crippen LogP contribution in [0.1, 0.15) is 45.7 Å². The topological polar surface area (TPSA) is 94.9 Å². The van der Waals surface area contributed by atoms with E-state index in [9.17, 15) is 28.3 Å². The number of fused-ring (bicyclic) bond motifs is 2. The lowest BCUT2D eigenvalue weighted by Gasteiger charge is -2.36. The van der Waals surface area contributed by atoms with Gasteiger partial charge in [0, 0.05) is 57.1 Å². The first-order valence-electron chi connectivity index (χ1n) is 10.9. The Bertz CT molecular complexity index is 1150. The van der Waals surface area contributed by atoms with Gasteiger partial charge in [0.05, 0.1) is 0 Å².